The van der Waals surface area contributed by atoms with E-state index < -0.39 is 5.60 Å². The van der Waals surface area contributed by atoms with E-state index in [1.54, 1.807) is 35.2 Å². The van der Waals surface area contributed by atoms with E-state index in [2.05, 4.69) is 5.32 Å². The van der Waals surface area contributed by atoms with Crippen molar-refractivity contribution in [3.63, 3.8) is 0 Å². The topological polar surface area (TPSA) is 80.6 Å². The Morgan fingerprint density at radius 2 is 1.77 bits per heavy atom. The second-order valence-electron chi connectivity index (χ2n) is 8.59. The fourth-order valence-corrected chi connectivity index (χ4v) is 3.57. The molecule has 1 fully saturated rings. The third-order valence-electron chi connectivity index (χ3n) is 5.05. The highest BCUT2D eigenvalue weighted by Crippen LogP contribution is 2.26. The molecule has 0 atom stereocenters. The van der Waals surface area contributed by atoms with Crippen LogP contribution in [0.25, 0.3) is 0 Å². The smallest absolute Gasteiger partial charge is 0.410 e. The number of carbonyl (C=O) groups excluding carboxylic acids is 3. The summed E-state index contributed by atoms with van der Waals surface area (Å²) >= 11 is 0. The van der Waals surface area contributed by atoms with Gasteiger partial charge in [0.05, 0.1) is 0 Å². The highest BCUT2D eigenvalue weighted by Gasteiger charge is 2.28. The highest BCUT2D eigenvalue weighted by molar-refractivity contribution is 6.04. The number of likely N-dealkylation sites (tertiary alicyclic amines) is 1. The molecule has 0 unspecified atom stereocenters. The first-order chi connectivity index (χ1) is 14.1. The number of ether oxygens (including phenoxy) is 1. The summed E-state index contributed by atoms with van der Waals surface area (Å²) in [4.78, 5) is 38.4. The van der Waals surface area contributed by atoms with Crippen molar-refractivity contribution in [2.75, 3.05) is 18.4 Å². The van der Waals surface area contributed by atoms with E-state index in [0.29, 0.717) is 30.0 Å². The third kappa shape index (κ3) is 5.28. The maximum atomic E-state index is 12.8. The second-order valence-corrected chi connectivity index (χ2v) is 8.59. The van der Waals surface area contributed by atoms with Crippen molar-refractivity contribution in [3.05, 3.63) is 53.9 Å². The van der Waals surface area contributed by atoms with Crippen LogP contribution < -0.4 is 5.32 Å². The number of hydrogen-bond donors (Lipinski definition) is 1. The molecule has 30 heavy (non-hydrogen) atoms. The van der Waals surface area contributed by atoms with Gasteiger partial charge in [0, 0.05) is 36.6 Å². The van der Waals surface area contributed by atoms with Gasteiger partial charge in [-0.3, -0.25) is 9.59 Å². The number of piperidine rings is 1. The molecule has 1 aliphatic rings. The summed E-state index contributed by atoms with van der Waals surface area (Å²) < 4.78 is 7.42. The SMILES string of the molecule is CC(=O)c1cccc(NC(=O)c2cccn2C2CCN(C(=O)OC(C)(C)C)CC2)c1. The Morgan fingerprint density at radius 3 is 2.40 bits per heavy atom. The molecule has 2 amide bonds. The van der Waals surface area contributed by atoms with Crippen LogP contribution in [0, 0.1) is 0 Å². The van der Waals surface area contributed by atoms with Crippen molar-refractivity contribution in [2.24, 2.45) is 0 Å². The van der Waals surface area contributed by atoms with Crippen LogP contribution in [0.3, 0.4) is 0 Å². The van der Waals surface area contributed by atoms with Crippen LogP contribution >= 0.6 is 0 Å². The van der Waals surface area contributed by atoms with Crippen molar-refractivity contribution in [2.45, 2.75) is 52.2 Å². The van der Waals surface area contributed by atoms with Gasteiger partial charge in [-0.25, -0.2) is 4.79 Å². The summed E-state index contributed by atoms with van der Waals surface area (Å²) in [5.74, 6) is -0.276. The number of Topliss-reactive ketones (excluding diaryl/α,β-unsaturated/α-hetero) is 1. The first-order valence-corrected chi connectivity index (χ1v) is 10.2. The van der Waals surface area contributed by atoms with E-state index in [9.17, 15) is 14.4 Å². The number of carbonyl (C=O) groups is 3. The minimum absolute atomic E-state index is 0.0498. The maximum Gasteiger partial charge on any atom is 0.410 e. The van der Waals surface area contributed by atoms with Crippen LogP contribution in [0.5, 0.6) is 0 Å². The fraction of sp³-hybridized carbons (Fsp3) is 0.435. The average molecular weight is 412 g/mol. The van der Waals surface area contributed by atoms with Crippen LogP contribution in [0.4, 0.5) is 10.5 Å². The van der Waals surface area contributed by atoms with Gasteiger partial charge in [0.2, 0.25) is 0 Å². The monoisotopic (exact) mass is 411 g/mol. The Balaban J connectivity index is 1.65. The van der Waals surface area contributed by atoms with Crippen LogP contribution in [-0.2, 0) is 4.74 Å². The lowest BCUT2D eigenvalue weighted by Gasteiger charge is -2.34. The summed E-state index contributed by atoms with van der Waals surface area (Å²) in [5, 5.41) is 2.88. The summed E-state index contributed by atoms with van der Waals surface area (Å²) in [5.41, 5.74) is 1.18. The average Bonchev–Trinajstić information content (AvgIpc) is 3.17. The minimum atomic E-state index is -0.515. The van der Waals surface area contributed by atoms with Crippen LogP contribution in [0.15, 0.2) is 42.6 Å². The Hall–Kier alpha value is -3.09. The zero-order valence-electron chi connectivity index (χ0n) is 18.0. The second kappa shape index (κ2) is 8.73. The number of ketones is 1. The Morgan fingerprint density at radius 1 is 1.07 bits per heavy atom. The van der Waals surface area contributed by atoms with Crippen molar-refractivity contribution >= 4 is 23.5 Å². The number of anilines is 1. The molecule has 1 aromatic carbocycles. The number of benzene rings is 1. The molecule has 0 radical (unpaired) electrons. The van der Waals surface area contributed by atoms with Gasteiger partial charge in [0.25, 0.3) is 5.91 Å². The largest absolute Gasteiger partial charge is 0.444 e. The van der Waals surface area contributed by atoms with Gasteiger partial charge in [-0.1, -0.05) is 12.1 Å². The quantitative estimate of drug-likeness (QED) is 0.751. The molecule has 7 heteroatoms. The summed E-state index contributed by atoms with van der Waals surface area (Å²) in [6.07, 6.45) is 3.09. The van der Waals surface area contributed by atoms with Crippen molar-refractivity contribution in [3.8, 4) is 0 Å². The number of nitrogens with one attached hydrogen (secondary N) is 1. The third-order valence-corrected chi connectivity index (χ3v) is 5.05. The number of amides is 2. The normalized spacial score (nSPS) is 15.0. The predicted octanol–water partition coefficient (Wildman–Crippen LogP) is 4.52. The molecule has 160 valence electrons. The van der Waals surface area contributed by atoms with Gasteiger partial charge in [0.15, 0.2) is 5.78 Å². The summed E-state index contributed by atoms with van der Waals surface area (Å²) in [6, 6.07) is 10.7. The number of rotatable bonds is 4. The molecule has 1 aromatic heterocycles. The fourth-order valence-electron chi connectivity index (χ4n) is 3.57. The molecular formula is C23H29N3O4. The molecule has 1 aliphatic heterocycles. The van der Waals surface area contributed by atoms with E-state index in [-0.39, 0.29) is 23.8 Å². The lowest BCUT2D eigenvalue weighted by Crippen LogP contribution is -2.42. The number of aromatic nitrogens is 1. The lowest BCUT2D eigenvalue weighted by atomic mass is 10.0. The van der Waals surface area contributed by atoms with Gasteiger partial charge < -0.3 is 19.5 Å². The maximum absolute atomic E-state index is 12.8. The zero-order chi connectivity index (χ0) is 21.9. The highest BCUT2D eigenvalue weighted by atomic mass is 16.6. The van der Waals surface area contributed by atoms with Gasteiger partial charge in [-0.05, 0) is 64.8 Å². The van der Waals surface area contributed by atoms with Crippen molar-refractivity contribution in [1.82, 2.24) is 9.47 Å². The standard InChI is InChI=1S/C23H29N3O4/c1-16(27)17-7-5-8-18(15-17)24-21(28)20-9-6-12-26(20)19-10-13-25(14-11-19)22(29)30-23(2,3)4/h5-9,12,15,19H,10-11,13-14H2,1-4H3,(H,24,28). The van der Waals surface area contributed by atoms with Crippen LogP contribution in [-0.4, -0.2) is 45.9 Å². The molecule has 3 rings (SSSR count). The molecule has 1 N–H and O–H groups in total. The van der Waals surface area contributed by atoms with Crippen molar-refractivity contribution in [1.29, 1.82) is 0 Å². The van der Waals surface area contributed by atoms with Crippen LogP contribution in [0.1, 0.15) is 67.4 Å². The molecule has 0 saturated carbocycles. The van der Waals surface area contributed by atoms with E-state index in [0.717, 1.165) is 12.8 Å². The molecule has 7 nitrogen and oxygen atoms in total. The molecule has 1 saturated heterocycles. The molecule has 0 spiro atoms. The van der Waals surface area contributed by atoms with E-state index in [1.165, 1.54) is 6.92 Å². The minimum Gasteiger partial charge on any atom is -0.444 e. The van der Waals surface area contributed by atoms with E-state index >= 15 is 0 Å². The van der Waals surface area contributed by atoms with Gasteiger partial charge in [0.1, 0.15) is 11.3 Å². The van der Waals surface area contributed by atoms with Crippen LogP contribution in [0.2, 0.25) is 0 Å². The van der Waals surface area contributed by atoms with E-state index in [4.69, 9.17) is 4.74 Å². The molecule has 0 aliphatic carbocycles. The first-order valence-electron chi connectivity index (χ1n) is 10.2. The first kappa shape index (κ1) is 21.6. The van der Waals surface area contributed by atoms with Gasteiger partial charge in [-0.2, -0.15) is 0 Å². The Kier molecular flexibility index (Phi) is 6.29. The Labute approximate surface area is 177 Å². The Bertz CT molecular complexity index is 934. The van der Waals surface area contributed by atoms with Gasteiger partial charge >= 0.3 is 6.09 Å². The molecule has 2 heterocycles. The number of nitrogens with zero attached hydrogens (tertiary/aromatic N) is 2. The molecular weight excluding hydrogens is 382 g/mol. The summed E-state index contributed by atoms with van der Waals surface area (Å²) in [6.45, 7) is 8.23. The zero-order valence-corrected chi connectivity index (χ0v) is 18.0. The number of hydrogen-bond acceptors (Lipinski definition) is 4. The molecule has 0 bridgehead atoms. The van der Waals surface area contributed by atoms with E-state index in [1.807, 2.05) is 37.6 Å². The lowest BCUT2D eigenvalue weighted by molar-refractivity contribution is 0.0187. The van der Waals surface area contributed by atoms with Gasteiger partial charge in [-0.15, -0.1) is 0 Å². The predicted molar refractivity (Wildman–Crippen MR) is 115 cm³/mol. The molecule has 2 aromatic rings. The van der Waals surface area contributed by atoms with Crippen molar-refractivity contribution < 1.29 is 19.1 Å². The summed E-state index contributed by atoms with van der Waals surface area (Å²) in [7, 11) is 0.